The van der Waals surface area contributed by atoms with E-state index in [1.165, 1.54) is 19.2 Å². The van der Waals surface area contributed by atoms with E-state index in [0.29, 0.717) is 6.42 Å². The van der Waals surface area contributed by atoms with Crippen molar-refractivity contribution in [1.82, 2.24) is 14.5 Å². The third kappa shape index (κ3) is 6.59. The number of methoxy groups -OCH3 is 1. The molecule has 1 saturated heterocycles. The molecule has 1 atom stereocenters. The van der Waals surface area contributed by atoms with Crippen molar-refractivity contribution in [1.29, 1.82) is 0 Å². The number of nitrogens with one attached hydrogen (secondary N) is 1. The Hall–Kier alpha value is -2.33. The quantitative estimate of drug-likeness (QED) is 0.576. The summed E-state index contributed by atoms with van der Waals surface area (Å²) in [6.45, 7) is 3.45. The molecule has 1 aliphatic heterocycles. The smallest absolute Gasteiger partial charge is 0.337 e. The Morgan fingerprint density at radius 2 is 1.81 bits per heavy atom. The molecule has 32 heavy (non-hydrogen) atoms. The van der Waals surface area contributed by atoms with Gasteiger partial charge in [0.2, 0.25) is 10.0 Å². The van der Waals surface area contributed by atoms with Gasteiger partial charge in [-0.15, -0.1) is 0 Å². The van der Waals surface area contributed by atoms with Crippen molar-refractivity contribution in [3.05, 3.63) is 71.0 Å². The maximum atomic E-state index is 14.3. The molecular weight excluding hydrogens is 433 g/mol. The zero-order valence-electron chi connectivity index (χ0n) is 18.5. The molecule has 7 nitrogen and oxygen atoms in total. The van der Waals surface area contributed by atoms with E-state index in [4.69, 9.17) is 0 Å². The third-order valence-corrected chi connectivity index (χ3v) is 7.14. The Morgan fingerprint density at radius 1 is 1.12 bits per heavy atom. The first-order chi connectivity index (χ1) is 15.3. The second kappa shape index (κ2) is 11.0. The summed E-state index contributed by atoms with van der Waals surface area (Å²) in [5.41, 5.74) is 1.34. The van der Waals surface area contributed by atoms with Crippen LogP contribution in [0.25, 0.3) is 0 Å². The average Bonchev–Trinajstić information content (AvgIpc) is 2.79. The van der Waals surface area contributed by atoms with Crippen molar-refractivity contribution in [2.24, 2.45) is 0 Å². The van der Waals surface area contributed by atoms with Crippen molar-refractivity contribution in [2.75, 3.05) is 46.1 Å². The maximum absolute atomic E-state index is 14.3. The Balaban J connectivity index is 1.63. The number of piperazine rings is 1. The van der Waals surface area contributed by atoms with Gasteiger partial charge in [0.05, 0.1) is 18.4 Å². The van der Waals surface area contributed by atoms with Crippen LogP contribution in [0, 0.1) is 5.82 Å². The summed E-state index contributed by atoms with van der Waals surface area (Å²) >= 11 is 0. The lowest BCUT2D eigenvalue weighted by Crippen LogP contribution is -2.46. The van der Waals surface area contributed by atoms with Crippen LogP contribution in [0.3, 0.4) is 0 Å². The molecule has 0 aromatic heterocycles. The van der Waals surface area contributed by atoms with Crippen molar-refractivity contribution >= 4 is 16.0 Å². The highest BCUT2D eigenvalue weighted by Crippen LogP contribution is 2.26. The van der Waals surface area contributed by atoms with E-state index in [1.807, 2.05) is 30.3 Å². The van der Waals surface area contributed by atoms with Crippen molar-refractivity contribution in [2.45, 2.75) is 19.0 Å². The monoisotopic (exact) mass is 463 g/mol. The zero-order chi connectivity index (χ0) is 23.1. The molecule has 0 amide bonds. The highest BCUT2D eigenvalue weighted by Gasteiger charge is 2.25. The fourth-order valence-corrected chi connectivity index (χ4v) is 4.88. The second-order valence-corrected chi connectivity index (χ2v) is 9.92. The number of rotatable bonds is 9. The lowest BCUT2D eigenvalue weighted by molar-refractivity contribution is 0.0600. The molecule has 2 aromatic rings. The molecule has 2 aromatic carbocycles. The van der Waals surface area contributed by atoms with Gasteiger partial charge in [-0.05, 0) is 31.2 Å². The lowest BCUT2D eigenvalue weighted by atomic mass is 10.0. The molecule has 3 rings (SSSR count). The minimum Gasteiger partial charge on any atom is -0.465 e. The first-order valence-electron chi connectivity index (χ1n) is 10.6. The molecule has 0 bridgehead atoms. The number of carbonyl (C=O) groups excluding carboxylic acids is 1. The second-order valence-electron chi connectivity index (χ2n) is 7.99. The third-order valence-electron chi connectivity index (χ3n) is 5.78. The normalized spacial score (nSPS) is 16.6. The van der Waals surface area contributed by atoms with Gasteiger partial charge in [0, 0.05) is 44.3 Å². The molecule has 1 fully saturated rings. The molecular formula is C23H30FN3O4S. The van der Waals surface area contributed by atoms with Crippen LogP contribution in [0.15, 0.2) is 48.5 Å². The molecule has 1 unspecified atom stereocenters. The Morgan fingerprint density at radius 3 is 2.44 bits per heavy atom. The zero-order valence-corrected chi connectivity index (χ0v) is 19.3. The van der Waals surface area contributed by atoms with Gasteiger partial charge in [-0.3, -0.25) is 4.90 Å². The number of likely N-dealkylation sites (N-methyl/N-ethyl adjacent to an activating group) is 1. The molecule has 174 valence electrons. The number of hydrogen-bond acceptors (Lipinski definition) is 6. The van der Waals surface area contributed by atoms with E-state index in [1.54, 1.807) is 0 Å². The van der Waals surface area contributed by atoms with Gasteiger partial charge in [0.15, 0.2) is 0 Å². The van der Waals surface area contributed by atoms with Crippen molar-refractivity contribution < 1.29 is 22.3 Å². The summed E-state index contributed by atoms with van der Waals surface area (Å²) < 4.78 is 46.7. The van der Waals surface area contributed by atoms with Gasteiger partial charge < -0.3 is 9.64 Å². The summed E-state index contributed by atoms with van der Waals surface area (Å²) in [5.74, 6) is -1.37. The molecule has 0 aliphatic carbocycles. The SMILES string of the molecule is COC(=O)c1ccc(CNS(=O)(=O)CCC(c2ccccc2)N2CCN(C)CC2)c(F)c1. The fraction of sp³-hybridized carbons (Fsp3) is 0.435. The van der Waals surface area contributed by atoms with E-state index in [9.17, 15) is 17.6 Å². The van der Waals surface area contributed by atoms with Gasteiger partial charge >= 0.3 is 5.97 Å². The summed E-state index contributed by atoms with van der Waals surface area (Å²) in [6.07, 6.45) is 0.437. The summed E-state index contributed by atoms with van der Waals surface area (Å²) in [6, 6.07) is 13.8. The number of nitrogens with zero attached hydrogens (tertiary/aromatic N) is 2. The van der Waals surface area contributed by atoms with Crippen LogP contribution in [0.2, 0.25) is 0 Å². The summed E-state index contributed by atoms with van der Waals surface area (Å²) in [7, 11) is -0.327. The standard InChI is InChI=1S/C23H30FN3O4S/c1-26-11-13-27(14-12-26)22(18-6-4-3-5-7-18)10-15-32(29,30)25-17-20-9-8-19(16-21(20)24)23(28)31-2/h3-9,16,22,25H,10-15,17H2,1-2H3. The van der Waals surface area contributed by atoms with Crippen LogP contribution in [-0.2, 0) is 21.3 Å². The van der Waals surface area contributed by atoms with Crippen LogP contribution in [0.5, 0.6) is 0 Å². The maximum Gasteiger partial charge on any atom is 0.337 e. The summed E-state index contributed by atoms with van der Waals surface area (Å²) in [4.78, 5) is 16.1. The molecule has 0 radical (unpaired) electrons. The molecule has 1 heterocycles. The number of ether oxygens (including phenoxy) is 1. The van der Waals surface area contributed by atoms with E-state index in [0.717, 1.165) is 37.8 Å². The first-order valence-corrected chi connectivity index (χ1v) is 12.3. The number of benzene rings is 2. The van der Waals surface area contributed by atoms with Crippen LogP contribution in [0.4, 0.5) is 4.39 Å². The number of halogens is 1. The van der Waals surface area contributed by atoms with Gasteiger partial charge in [-0.2, -0.15) is 0 Å². The van der Waals surface area contributed by atoms with Crippen LogP contribution in [0.1, 0.15) is 33.9 Å². The van der Waals surface area contributed by atoms with E-state index >= 15 is 0 Å². The highest BCUT2D eigenvalue weighted by molar-refractivity contribution is 7.89. The van der Waals surface area contributed by atoms with Crippen molar-refractivity contribution in [3.63, 3.8) is 0 Å². The number of sulfonamides is 1. The molecule has 1 N–H and O–H groups in total. The largest absolute Gasteiger partial charge is 0.465 e. The Bertz CT molecular complexity index is 1010. The minimum atomic E-state index is -3.63. The van der Waals surface area contributed by atoms with Crippen LogP contribution < -0.4 is 4.72 Å². The predicted molar refractivity (Wildman–Crippen MR) is 121 cm³/mol. The molecule has 0 spiro atoms. The van der Waals surface area contributed by atoms with E-state index in [2.05, 4.69) is 26.3 Å². The summed E-state index contributed by atoms with van der Waals surface area (Å²) in [5, 5.41) is 0. The molecule has 1 aliphatic rings. The van der Waals surface area contributed by atoms with Crippen molar-refractivity contribution in [3.8, 4) is 0 Å². The van der Waals surface area contributed by atoms with Gasteiger partial charge in [0.1, 0.15) is 5.82 Å². The fourth-order valence-electron chi connectivity index (χ4n) is 3.83. The van der Waals surface area contributed by atoms with E-state index in [-0.39, 0.29) is 29.5 Å². The number of esters is 1. The number of hydrogen-bond donors (Lipinski definition) is 1. The van der Waals surface area contributed by atoms with Crippen LogP contribution >= 0.6 is 0 Å². The van der Waals surface area contributed by atoms with E-state index < -0.39 is 21.8 Å². The van der Waals surface area contributed by atoms with Crippen LogP contribution in [-0.4, -0.2) is 70.3 Å². The minimum absolute atomic E-state index is 0.00227. The number of carbonyl (C=O) groups is 1. The Labute approximate surface area is 189 Å². The Kier molecular flexibility index (Phi) is 8.36. The predicted octanol–water partition coefficient (Wildman–Crippen LogP) is 2.41. The van der Waals surface area contributed by atoms with Gasteiger partial charge in [-0.1, -0.05) is 36.4 Å². The van der Waals surface area contributed by atoms with Gasteiger partial charge in [-0.25, -0.2) is 22.3 Å². The molecule has 0 saturated carbocycles. The topological polar surface area (TPSA) is 78.9 Å². The average molecular weight is 464 g/mol. The first kappa shape index (κ1) is 24.3. The van der Waals surface area contributed by atoms with Gasteiger partial charge in [0.25, 0.3) is 0 Å². The molecule has 9 heteroatoms. The highest BCUT2D eigenvalue weighted by atomic mass is 32.2. The lowest BCUT2D eigenvalue weighted by Gasteiger charge is -2.38.